The highest BCUT2D eigenvalue weighted by molar-refractivity contribution is 6.02. The van der Waals surface area contributed by atoms with Gasteiger partial charge in [-0.2, -0.15) is 0 Å². The maximum Gasteiger partial charge on any atom is 0.328 e. The second-order valence-electron chi connectivity index (χ2n) is 36.2. The maximum atomic E-state index is 14.5. The van der Waals surface area contributed by atoms with E-state index in [1.54, 1.807) is 55.4 Å². The summed E-state index contributed by atoms with van der Waals surface area (Å²) < 4.78 is 0. The summed E-state index contributed by atoms with van der Waals surface area (Å²) >= 11 is 0. The third-order valence-corrected chi connectivity index (χ3v) is 21.4. The quantitative estimate of drug-likeness (QED) is 0.0153. The Balaban J connectivity index is 3.35. The van der Waals surface area contributed by atoms with Crippen LogP contribution in [-0.2, 0) is 105 Å². The predicted molar refractivity (Wildman–Crippen MR) is 502 cm³/mol. The lowest BCUT2D eigenvalue weighted by molar-refractivity contribution is -0.145. The summed E-state index contributed by atoms with van der Waals surface area (Å²) in [6, 6.07) is -25.7. The molecule has 0 saturated carbocycles. The van der Waals surface area contributed by atoms with Gasteiger partial charge in [-0.15, -0.1) is 0 Å². The molecular weight excluding hydrogens is 1880 g/mol. The van der Waals surface area contributed by atoms with Gasteiger partial charge in [-0.1, -0.05) is 69.2 Å². The molecule has 0 radical (unpaired) electrons. The van der Waals surface area contributed by atoms with E-state index < -0.39 is 322 Å². The Morgan fingerprint density at radius 3 is 1.04 bits per heavy atom. The minimum Gasteiger partial charge on any atom is -0.481 e. The smallest absolute Gasteiger partial charge is 0.328 e. The maximum absolute atomic E-state index is 14.5. The molecular formula is C85H149N27O30. The van der Waals surface area contributed by atoms with Gasteiger partial charge in [0, 0.05) is 32.5 Å². The van der Waals surface area contributed by atoms with Crippen molar-refractivity contribution in [3.63, 3.8) is 0 Å². The van der Waals surface area contributed by atoms with Crippen molar-refractivity contribution >= 4 is 142 Å². The summed E-state index contributed by atoms with van der Waals surface area (Å²) in [6.45, 7) is 12.8. The van der Waals surface area contributed by atoms with Crippen LogP contribution in [0.2, 0.25) is 0 Å². The molecule has 0 spiro atoms. The van der Waals surface area contributed by atoms with E-state index in [0.29, 0.717) is 0 Å². The second kappa shape index (κ2) is 64.8. The summed E-state index contributed by atoms with van der Waals surface area (Å²) in [5, 5.41) is 143. The molecule has 57 nitrogen and oxygen atoms in total. The number of nitrogens with one attached hydrogen (secondary N) is 22. The fourth-order valence-electron chi connectivity index (χ4n) is 13.9. The Kier molecular flexibility index (Phi) is 57.8. The molecule has 0 aromatic rings. The highest BCUT2D eigenvalue weighted by atomic mass is 16.4. The van der Waals surface area contributed by atoms with Gasteiger partial charge in [-0.3, -0.25) is 112 Å². The van der Waals surface area contributed by atoms with Crippen molar-refractivity contribution in [3.05, 3.63) is 0 Å². The Labute approximate surface area is 820 Å². The molecule has 1 aliphatic heterocycles. The zero-order chi connectivity index (χ0) is 108. The largest absolute Gasteiger partial charge is 0.481 e. The fourth-order valence-corrected chi connectivity index (χ4v) is 13.9. The molecule has 0 unspecified atom stereocenters. The highest BCUT2D eigenvalue weighted by Crippen LogP contribution is 2.21. The van der Waals surface area contributed by atoms with Gasteiger partial charge in [0.15, 0.2) is 18.0 Å². The van der Waals surface area contributed by atoms with E-state index in [9.17, 15) is 146 Å². The third-order valence-electron chi connectivity index (χ3n) is 21.4. The van der Waals surface area contributed by atoms with Crippen molar-refractivity contribution in [1.82, 2.24) is 111 Å². The van der Waals surface area contributed by atoms with Crippen LogP contribution in [0, 0.1) is 40.4 Å². The lowest BCUT2D eigenvalue weighted by Crippen LogP contribution is -2.62. The standard InChI is InChI=1S/C85H149N27O30/c1-38(2)27-50(102-78(136)55(36-114)106-68(126)46(86)20-22-58(87)119)70(128)96-34-62(123)99-49(21-23-63(124)125)72(130)107-56(37-115)77(135)101-47(17-14-24-92-84(88)89)69(127)95-33-61(122)98-48(18-15-25-93-85(90)91)71(129)103-51(28-39(3)4)73(131)108-64(42(9)10)80(138)110-66(44(12)117)82(140)112-26-16-19-57(112)79(137)97-31-59(120)94-32-60(121)100-54(35-113)76(134)104-52(29-40(5)6)74(132)109-65(43(11)116)81(139)105-53(30-41(7)8)75(133)111-67(45(13)118)83(141)142/h38-57,64-67,113-118H,14-37,86H2,1-13H3,(H2,87,119)(H,94,120)(H,95,127)(H,96,128)(H,97,137)(H,98,122)(H,99,123)(H,100,121)(H,101,135)(H,102,136)(H,103,129)(H,104,134)(H,105,139)(H,106,126)(H,107,130)(H,108,131)(H,109,132)(H,110,138)(H,111,133)(H,124,125)(H,141,142)(H4,88,89,92)(H4,90,91,93)/t43-,44-,45-,46+,47+,48+,49+,50+,51+,52+,53+,54+,55+,56+,57+,64+,65+,66+,67+/m1/s1. The Morgan fingerprint density at radius 1 is 0.338 bits per heavy atom. The number of carbonyl (C=O) groups is 22. The van der Waals surface area contributed by atoms with Crippen molar-refractivity contribution in [2.75, 3.05) is 65.6 Å². The molecule has 1 rings (SSSR count). The first-order valence-electron chi connectivity index (χ1n) is 46.4. The number of likely N-dealkylation sites (tertiary alicyclic amines) is 1. The van der Waals surface area contributed by atoms with E-state index in [1.165, 1.54) is 13.8 Å². The van der Waals surface area contributed by atoms with Gasteiger partial charge in [0.25, 0.3) is 0 Å². The van der Waals surface area contributed by atoms with E-state index >= 15 is 0 Å². The molecule has 1 saturated heterocycles. The van der Waals surface area contributed by atoms with Gasteiger partial charge in [-0.25, -0.2) is 4.79 Å². The van der Waals surface area contributed by atoms with E-state index in [1.807, 2.05) is 0 Å². The minimum absolute atomic E-state index is 0.00614. The van der Waals surface area contributed by atoms with Crippen LogP contribution in [0.15, 0.2) is 0 Å². The van der Waals surface area contributed by atoms with Crippen LogP contribution in [0.3, 0.4) is 0 Å². The zero-order valence-corrected chi connectivity index (χ0v) is 82.1. The lowest BCUT2D eigenvalue weighted by atomic mass is 9.98. The van der Waals surface area contributed by atoms with Gasteiger partial charge < -0.3 is 175 Å². The van der Waals surface area contributed by atoms with Gasteiger partial charge in [0.1, 0.15) is 84.6 Å². The van der Waals surface area contributed by atoms with Gasteiger partial charge in [0.05, 0.1) is 70.4 Å². The summed E-state index contributed by atoms with van der Waals surface area (Å²) in [5.74, 6) is -26.8. The highest BCUT2D eigenvalue weighted by Gasteiger charge is 2.43. The molecule has 19 atom stereocenters. The number of nitrogens with two attached hydrogens (primary N) is 4. The zero-order valence-electron chi connectivity index (χ0n) is 82.1. The first-order chi connectivity index (χ1) is 66.3. The van der Waals surface area contributed by atoms with E-state index in [0.717, 1.165) is 25.7 Å². The molecule has 804 valence electrons. The van der Waals surface area contributed by atoms with Crippen LogP contribution in [0.25, 0.3) is 0 Å². The SMILES string of the molecule is CC(C)C[C@H](NC(=O)[C@H](CO)NC(=O)[C@@H](N)CCC(N)=O)C(=O)NCC(=O)N[C@@H](CCC(=O)O)C(=O)N[C@@H](CO)C(=O)N[C@@H](CCCNC(=N)N)C(=O)NCC(=O)N[C@@H](CCCNC(=N)N)C(=O)N[C@@H](CC(C)C)C(=O)N[C@H](C(=O)N[C@H](C(=O)N1CCC[C@H]1C(=O)NCC(=O)NCC(=O)N[C@@H](CO)C(=O)N[C@@H](CC(C)C)C(=O)N[C@H](C(=O)N[C@@H](CC(C)C)C(=O)N[C@H](C(=O)O)[C@@H](C)O)[C@@H](C)O)[C@@H](C)O)C(C)C. The number of carboxylic acids is 2. The van der Waals surface area contributed by atoms with Crippen molar-refractivity contribution in [1.29, 1.82) is 10.8 Å². The lowest BCUT2D eigenvalue weighted by Gasteiger charge is -2.32. The van der Waals surface area contributed by atoms with Crippen LogP contribution in [0.5, 0.6) is 0 Å². The Morgan fingerprint density at radius 2 is 0.655 bits per heavy atom. The second-order valence-corrected chi connectivity index (χ2v) is 36.2. The number of hydrogen-bond acceptors (Lipinski definition) is 31. The minimum atomic E-state index is -1.97. The molecule has 20 amide bonds. The molecule has 0 aliphatic carbocycles. The molecule has 0 aromatic heterocycles. The third kappa shape index (κ3) is 48.7. The van der Waals surface area contributed by atoms with Crippen LogP contribution in [-0.4, -0.2) is 368 Å². The first kappa shape index (κ1) is 127. The van der Waals surface area contributed by atoms with Crippen LogP contribution < -0.4 is 129 Å². The number of guanidine groups is 2. The number of aliphatic hydroxyl groups is 6. The van der Waals surface area contributed by atoms with E-state index in [4.69, 9.17) is 33.8 Å². The first-order valence-corrected chi connectivity index (χ1v) is 46.4. The van der Waals surface area contributed by atoms with Crippen molar-refractivity contribution in [2.24, 2.45) is 52.5 Å². The summed E-state index contributed by atoms with van der Waals surface area (Å²) in [6.07, 6.45) is -7.54. The molecule has 0 bridgehead atoms. The van der Waals surface area contributed by atoms with Crippen LogP contribution >= 0.6 is 0 Å². The molecule has 142 heavy (non-hydrogen) atoms. The average molecular weight is 2030 g/mol. The van der Waals surface area contributed by atoms with Gasteiger partial charge in [0.2, 0.25) is 118 Å². The van der Waals surface area contributed by atoms with Crippen LogP contribution in [0.4, 0.5) is 0 Å². The van der Waals surface area contributed by atoms with Gasteiger partial charge in [-0.05, 0) is 127 Å². The number of carboxylic acid groups (broad SMARTS) is 2. The Hall–Kier alpha value is -13.4. The number of nitrogens with zero attached hydrogens (tertiary/aromatic N) is 1. The monoisotopic (exact) mass is 2030 g/mol. The van der Waals surface area contributed by atoms with Crippen LogP contribution in [0.1, 0.15) is 180 Å². The molecule has 38 N–H and O–H groups in total. The number of hydrogen-bond donors (Lipinski definition) is 34. The molecule has 1 aliphatic rings. The predicted octanol–water partition coefficient (Wildman–Crippen LogP) is -13.7. The normalized spacial score (nSPS) is 16.1. The van der Waals surface area contributed by atoms with E-state index in [2.05, 4.69) is 106 Å². The number of amides is 20. The fraction of sp³-hybridized carbons (Fsp3) is 0.718. The molecule has 0 aromatic carbocycles. The number of aliphatic hydroxyl groups excluding tert-OH is 6. The summed E-state index contributed by atoms with van der Waals surface area (Å²) in [5.41, 5.74) is 21.8. The van der Waals surface area contributed by atoms with E-state index in [-0.39, 0.29) is 120 Å². The number of aliphatic carboxylic acids is 2. The van der Waals surface area contributed by atoms with Crippen molar-refractivity contribution in [3.8, 4) is 0 Å². The topological polar surface area (TPSA) is 933 Å². The molecule has 1 heterocycles. The molecule has 1 fully saturated rings. The van der Waals surface area contributed by atoms with Crippen molar-refractivity contribution < 1.29 is 146 Å². The van der Waals surface area contributed by atoms with Crippen molar-refractivity contribution in [2.45, 2.75) is 295 Å². The molecule has 57 heteroatoms. The summed E-state index contributed by atoms with van der Waals surface area (Å²) in [4.78, 5) is 296. The summed E-state index contributed by atoms with van der Waals surface area (Å²) in [7, 11) is 0. The average Bonchev–Trinajstić information content (AvgIpc) is 1.61. The number of carbonyl (C=O) groups excluding carboxylic acids is 20. The number of rotatable bonds is 67. The number of primary amides is 1. The van der Waals surface area contributed by atoms with Gasteiger partial charge >= 0.3 is 11.9 Å². The Bertz CT molecular complexity index is 4310.